The quantitative estimate of drug-likeness (QED) is 0.843. The Morgan fingerprint density at radius 1 is 1.31 bits per heavy atom. The second-order valence-electron chi connectivity index (χ2n) is 4.39. The van der Waals surface area contributed by atoms with E-state index < -0.39 is 12.0 Å². The van der Waals surface area contributed by atoms with Gasteiger partial charge in [-0.3, -0.25) is 9.69 Å². The summed E-state index contributed by atoms with van der Waals surface area (Å²) in [4.78, 5) is 12.9. The van der Waals surface area contributed by atoms with Crippen LogP contribution < -0.4 is 0 Å². The highest BCUT2D eigenvalue weighted by atomic mass is 16.4. The van der Waals surface area contributed by atoms with Gasteiger partial charge in [0.2, 0.25) is 0 Å². The first-order valence-corrected chi connectivity index (χ1v) is 5.37. The normalized spacial score (nSPS) is 12.8. The molecular weight excluding hydrogens is 202 g/mol. The maximum Gasteiger partial charge on any atom is 0.321 e. The highest BCUT2D eigenvalue weighted by molar-refractivity contribution is 5.74. The van der Waals surface area contributed by atoms with Gasteiger partial charge in [0.15, 0.2) is 0 Å². The van der Waals surface area contributed by atoms with Gasteiger partial charge >= 0.3 is 5.97 Å². The number of hydrogen-bond acceptors (Lipinski definition) is 2. The van der Waals surface area contributed by atoms with Crippen molar-refractivity contribution in [3.05, 3.63) is 34.9 Å². The minimum atomic E-state index is -0.771. The summed E-state index contributed by atoms with van der Waals surface area (Å²) >= 11 is 0. The average molecular weight is 221 g/mol. The lowest BCUT2D eigenvalue weighted by atomic mass is 9.96. The molecule has 0 saturated heterocycles. The van der Waals surface area contributed by atoms with Gasteiger partial charge < -0.3 is 5.11 Å². The summed E-state index contributed by atoms with van der Waals surface area (Å²) in [5.41, 5.74) is 3.46. The van der Waals surface area contributed by atoms with Crippen molar-refractivity contribution >= 4 is 5.97 Å². The highest BCUT2D eigenvalue weighted by Crippen LogP contribution is 2.16. The van der Waals surface area contributed by atoms with E-state index in [1.807, 2.05) is 32.0 Å². The van der Waals surface area contributed by atoms with Crippen LogP contribution in [0.1, 0.15) is 16.7 Å². The van der Waals surface area contributed by atoms with Gasteiger partial charge in [-0.25, -0.2) is 0 Å². The van der Waals surface area contributed by atoms with Gasteiger partial charge in [0.25, 0.3) is 0 Å². The summed E-state index contributed by atoms with van der Waals surface area (Å²) in [5.74, 6) is -0.771. The summed E-state index contributed by atoms with van der Waals surface area (Å²) in [5, 5.41) is 9.15. The zero-order valence-corrected chi connectivity index (χ0v) is 10.3. The third kappa shape index (κ3) is 2.83. The van der Waals surface area contributed by atoms with E-state index in [-0.39, 0.29) is 0 Å². The van der Waals surface area contributed by atoms with Crippen molar-refractivity contribution in [1.82, 2.24) is 4.90 Å². The number of nitrogens with zero attached hydrogens (tertiary/aromatic N) is 1. The van der Waals surface area contributed by atoms with Crippen LogP contribution in [0.3, 0.4) is 0 Å². The maximum atomic E-state index is 11.1. The first kappa shape index (κ1) is 12.7. The van der Waals surface area contributed by atoms with Crippen LogP contribution in [0.5, 0.6) is 0 Å². The fourth-order valence-corrected chi connectivity index (χ4v) is 1.86. The molecule has 1 rings (SSSR count). The molecule has 0 saturated carbocycles. The average Bonchev–Trinajstić information content (AvgIpc) is 2.15. The van der Waals surface area contributed by atoms with Crippen LogP contribution in [0.15, 0.2) is 18.2 Å². The molecule has 0 aliphatic rings. The van der Waals surface area contributed by atoms with Crippen molar-refractivity contribution in [2.45, 2.75) is 26.3 Å². The molecule has 0 aromatic heterocycles. The van der Waals surface area contributed by atoms with E-state index in [1.165, 1.54) is 0 Å². The monoisotopic (exact) mass is 221 g/mol. The molecule has 1 atom stereocenters. The Balaban J connectivity index is 2.98. The van der Waals surface area contributed by atoms with Crippen molar-refractivity contribution in [2.24, 2.45) is 0 Å². The number of aryl methyl sites for hydroxylation is 2. The predicted molar refractivity (Wildman–Crippen MR) is 64.7 cm³/mol. The number of carbonyl (C=O) groups is 1. The third-order valence-corrected chi connectivity index (χ3v) is 2.95. The minimum Gasteiger partial charge on any atom is -0.480 e. The molecule has 1 N–H and O–H groups in total. The molecule has 0 radical (unpaired) electrons. The van der Waals surface area contributed by atoms with Crippen molar-refractivity contribution in [2.75, 3.05) is 14.1 Å². The number of carboxylic acid groups (broad SMARTS) is 1. The number of hydrogen-bond donors (Lipinski definition) is 1. The number of rotatable bonds is 4. The van der Waals surface area contributed by atoms with Crippen LogP contribution >= 0.6 is 0 Å². The number of benzene rings is 1. The largest absolute Gasteiger partial charge is 0.480 e. The van der Waals surface area contributed by atoms with Crippen LogP contribution in [-0.4, -0.2) is 36.1 Å². The second kappa shape index (κ2) is 5.12. The summed E-state index contributed by atoms with van der Waals surface area (Å²) in [6.45, 7) is 4.05. The first-order valence-electron chi connectivity index (χ1n) is 5.37. The number of likely N-dealkylation sites (N-methyl/N-ethyl adjacent to an activating group) is 1. The molecule has 0 heterocycles. The first-order chi connectivity index (χ1) is 7.43. The van der Waals surface area contributed by atoms with Gasteiger partial charge in [0.05, 0.1) is 0 Å². The molecule has 1 aromatic carbocycles. The van der Waals surface area contributed by atoms with Crippen molar-refractivity contribution in [3.8, 4) is 0 Å². The molecule has 3 nitrogen and oxygen atoms in total. The van der Waals surface area contributed by atoms with E-state index >= 15 is 0 Å². The lowest BCUT2D eigenvalue weighted by Crippen LogP contribution is -2.37. The van der Waals surface area contributed by atoms with Gasteiger partial charge in [-0.05, 0) is 51.1 Å². The smallest absolute Gasteiger partial charge is 0.321 e. The summed E-state index contributed by atoms with van der Waals surface area (Å²) < 4.78 is 0. The van der Waals surface area contributed by atoms with E-state index in [1.54, 1.807) is 19.0 Å². The molecular formula is C13H19NO2. The topological polar surface area (TPSA) is 40.5 Å². The highest BCUT2D eigenvalue weighted by Gasteiger charge is 2.21. The summed E-state index contributed by atoms with van der Waals surface area (Å²) in [7, 11) is 3.60. The van der Waals surface area contributed by atoms with Gasteiger partial charge in [0, 0.05) is 0 Å². The molecule has 0 amide bonds. The van der Waals surface area contributed by atoms with Crippen LogP contribution in [0.25, 0.3) is 0 Å². The molecule has 1 unspecified atom stereocenters. The number of aliphatic carboxylic acids is 1. The fourth-order valence-electron chi connectivity index (χ4n) is 1.86. The van der Waals surface area contributed by atoms with Gasteiger partial charge in [-0.1, -0.05) is 18.2 Å². The Morgan fingerprint density at radius 2 is 1.81 bits per heavy atom. The van der Waals surface area contributed by atoms with E-state index in [0.29, 0.717) is 6.42 Å². The van der Waals surface area contributed by atoms with Gasteiger partial charge in [-0.15, -0.1) is 0 Å². The minimum absolute atomic E-state index is 0.459. The zero-order chi connectivity index (χ0) is 12.3. The van der Waals surface area contributed by atoms with Crippen molar-refractivity contribution < 1.29 is 9.90 Å². The Morgan fingerprint density at radius 3 is 2.19 bits per heavy atom. The Kier molecular flexibility index (Phi) is 4.07. The van der Waals surface area contributed by atoms with Crippen LogP contribution in [-0.2, 0) is 11.2 Å². The van der Waals surface area contributed by atoms with Crippen molar-refractivity contribution in [1.29, 1.82) is 0 Å². The fraction of sp³-hybridized carbons (Fsp3) is 0.462. The molecule has 0 bridgehead atoms. The van der Waals surface area contributed by atoms with E-state index in [9.17, 15) is 4.79 Å². The lowest BCUT2D eigenvalue weighted by Gasteiger charge is -2.21. The molecule has 0 fully saturated rings. The van der Waals surface area contributed by atoms with Crippen LogP contribution in [0.4, 0.5) is 0 Å². The van der Waals surface area contributed by atoms with Gasteiger partial charge in [0.1, 0.15) is 6.04 Å². The molecule has 16 heavy (non-hydrogen) atoms. The Hall–Kier alpha value is -1.35. The van der Waals surface area contributed by atoms with E-state index in [2.05, 4.69) is 0 Å². The maximum absolute atomic E-state index is 11.1. The Labute approximate surface area is 96.7 Å². The summed E-state index contributed by atoms with van der Waals surface area (Å²) in [6, 6.07) is 5.59. The standard InChI is InChI=1S/C13H19NO2/c1-9-6-5-7-10(2)11(9)8-12(13(15)16)14(3)4/h5-7,12H,8H2,1-4H3,(H,15,16). The third-order valence-electron chi connectivity index (χ3n) is 2.95. The zero-order valence-electron chi connectivity index (χ0n) is 10.3. The molecule has 88 valence electrons. The van der Waals surface area contributed by atoms with E-state index in [4.69, 9.17) is 5.11 Å². The van der Waals surface area contributed by atoms with Crippen LogP contribution in [0.2, 0.25) is 0 Å². The number of carboxylic acids is 1. The molecule has 1 aromatic rings. The second-order valence-corrected chi connectivity index (χ2v) is 4.39. The van der Waals surface area contributed by atoms with Crippen LogP contribution in [0, 0.1) is 13.8 Å². The predicted octanol–water partition coefficient (Wildman–Crippen LogP) is 1.86. The molecule has 0 aliphatic heterocycles. The molecule has 0 spiro atoms. The van der Waals surface area contributed by atoms with Crippen molar-refractivity contribution in [3.63, 3.8) is 0 Å². The summed E-state index contributed by atoms with van der Waals surface area (Å²) in [6.07, 6.45) is 0.556. The molecule has 0 aliphatic carbocycles. The Bertz CT molecular complexity index is 365. The van der Waals surface area contributed by atoms with E-state index in [0.717, 1.165) is 16.7 Å². The lowest BCUT2D eigenvalue weighted by molar-refractivity contribution is -0.142. The van der Waals surface area contributed by atoms with Gasteiger partial charge in [-0.2, -0.15) is 0 Å². The SMILES string of the molecule is Cc1cccc(C)c1CC(C(=O)O)N(C)C. The molecule has 3 heteroatoms.